The second kappa shape index (κ2) is 5.56. The van der Waals surface area contributed by atoms with E-state index in [1.54, 1.807) is 0 Å². The predicted octanol–water partition coefficient (Wildman–Crippen LogP) is 3.13. The zero-order chi connectivity index (χ0) is 14.1. The average molecular weight is 307 g/mol. The Bertz CT molecular complexity index is 653. The number of rotatable bonds is 2. The monoisotopic (exact) mass is 306 g/mol. The number of amides is 1. The van der Waals surface area contributed by atoms with Crippen LogP contribution in [0, 0.1) is 0 Å². The molecule has 104 valence electrons. The fourth-order valence-electron chi connectivity index (χ4n) is 2.47. The van der Waals surface area contributed by atoms with Gasteiger partial charge in [-0.1, -0.05) is 23.7 Å². The standard InChI is InChI=1S/C15H15ClN2OS/c16-12-5-7-20-14(12)13(17)10-4-3-9-2-1-6-18-15(19)11(9)8-10/h3-5,7-8,13H,1-2,6,17H2,(H,18,19). The maximum absolute atomic E-state index is 12.1. The number of hydrogen-bond donors (Lipinski definition) is 2. The molecular formula is C15H15ClN2OS. The normalized spacial score (nSPS) is 16.2. The number of fused-ring (bicyclic) bond motifs is 1. The van der Waals surface area contributed by atoms with Gasteiger partial charge in [0, 0.05) is 17.0 Å². The van der Waals surface area contributed by atoms with Crippen LogP contribution in [-0.4, -0.2) is 12.5 Å². The molecule has 0 saturated carbocycles. The Balaban J connectivity index is 2.00. The van der Waals surface area contributed by atoms with E-state index < -0.39 is 0 Å². The molecule has 2 aromatic rings. The van der Waals surface area contributed by atoms with Crippen LogP contribution in [0.5, 0.6) is 0 Å². The molecule has 1 aliphatic heterocycles. The van der Waals surface area contributed by atoms with Crippen molar-refractivity contribution in [2.45, 2.75) is 18.9 Å². The van der Waals surface area contributed by atoms with Gasteiger partial charge in [-0.2, -0.15) is 0 Å². The molecule has 1 aromatic carbocycles. The van der Waals surface area contributed by atoms with Crippen molar-refractivity contribution in [2.24, 2.45) is 5.73 Å². The van der Waals surface area contributed by atoms with Crippen LogP contribution in [0.15, 0.2) is 29.6 Å². The molecule has 3 rings (SSSR count). The van der Waals surface area contributed by atoms with Crippen molar-refractivity contribution in [1.29, 1.82) is 0 Å². The van der Waals surface area contributed by atoms with Gasteiger partial charge in [-0.15, -0.1) is 11.3 Å². The lowest BCUT2D eigenvalue weighted by Crippen LogP contribution is -2.23. The summed E-state index contributed by atoms with van der Waals surface area (Å²) in [5.41, 5.74) is 9.02. The lowest BCUT2D eigenvalue weighted by molar-refractivity contribution is 0.0956. The second-order valence-corrected chi connectivity index (χ2v) is 6.24. The van der Waals surface area contributed by atoms with Crippen LogP contribution in [0.4, 0.5) is 0 Å². The molecule has 0 saturated heterocycles. The topological polar surface area (TPSA) is 55.1 Å². The minimum absolute atomic E-state index is 0.0103. The first-order chi connectivity index (χ1) is 9.66. The van der Waals surface area contributed by atoms with Crippen molar-refractivity contribution in [3.8, 4) is 0 Å². The van der Waals surface area contributed by atoms with E-state index in [4.69, 9.17) is 17.3 Å². The molecular weight excluding hydrogens is 292 g/mol. The Morgan fingerprint density at radius 2 is 2.20 bits per heavy atom. The molecule has 3 N–H and O–H groups in total. The second-order valence-electron chi connectivity index (χ2n) is 4.89. The van der Waals surface area contributed by atoms with Gasteiger partial charge in [0.1, 0.15) is 0 Å². The SMILES string of the molecule is NC(c1ccc2c(c1)C(=O)NCCC2)c1sccc1Cl. The molecule has 3 nitrogen and oxygen atoms in total. The fourth-order valence-corrected chi connectivity index (χ4v) is 3.67. The van der Waals surface area contributed by atoms with E-state index >= 15 is 0 Å². The van der Waals surface area contributed by atoms with Gasteiger partial charge >= 0.3 is 0 Å². The highest BCUT2D eigenvalue weighted by Gasteiger charge is 2.19. The zero-order valence-corrected chi connectivity index (χ0v) is 12.4. The summed E-state index contributed by atoms with van der Waals surface area (Å²) >= 11 is 7.67. The van der Waals surface area contributed by atoms with Crippen LogP contribution in [0.1, 0.15) is 38.8 Å². The molecule has 0 radical (unpaired) electrons. The first-order valence-electron chi connectivity index (χ1n) is 6.56. The highest BCUT2D eigenvalue weighted by atomic mass is 35.5. The number of carbonyl (C=O) groups is 1. The highest BCUT2D eigenvalue weighted by Crippen LogP contribution is 2.32. The van der Waals surface area contributed by atoms with Gasteiger partial charge in [0.25, 0.3) is 5.91 Å². The first-order valence-corrected chi connectivity index (χ1v) is 7.82. The Morgan fingerprint density at radius 1 is 1.35 bits per heavy atom. The summed E-state index contributed by atoms with van der Waals surface area (Å²) in [6, 6.07) is 7.47. The first kappa shape index (κ1) is 13.6. The zero-order valence-electron chi connectivity index (χ0n) is 10.9. The Labute approximate surface area is 126 Å². The van der Waals surface area contributed by atoms with Gasteiger partial charge < -0.3 is 11.1 Å². The van der Waals surface area contributed by atoms with Crippen LogP contribution in [0.2, 0.25) is 5.02 Å². The van der Waals surface area contributed by atoms with E-state index in [0.717, 1.165) is 41.0 Å². The van der Waals surface area contributed by atoms with Gasteiger partial charge in [0.05, 0.1) is 11.1 Å². The van der Waals surface area contributed by atoms with Crippen molar-refractivity contribution < 1.29 is 4.79 Å². The minimum atomic E-state index is -0.288. The fraction of sp³-hybridized carbons (Fsp3) is 0.267. The van der Waals surface area contributed by atoms with Gasteiger partial charge in [-0.25, -0.2) is 0 Å². The largest absolute Gasteiger partial charge is 0.352 e. The Kier molecular flexibility index (Phi) is 3.78. The van der Waals surface area contributed by atoms with Crippen molar-refractivity contribution >= 4 is 28.8 Å². The van der Waals surface area contributed by atoms with Gasteiger partial charge in [0.15, 0.2) is 0 Å². The molecule has 20 heavy (non-hydrogen) atoms. The number of hydrogen-bond acceptors (Lipinski definition) is 3. The predicted molar refractivity (Wildman–Crippen MR) is 82.5 cm³/mol. The Morgan fingerprint density at radius 3 is 2.95 bits per heavy atom. The molecule has 2 heterocycles. The molecule has 1 unspecified atom stereocenters. The molecule has 0 spiro atoms. The Hall–Kier alpha value is -1.36. The summed E-state index contributed by atoms with van der Waals surface area (Å²) in [4.78, 5) is 13.0. The third kappa shape index (κ3) is 2.46. The maximum Gasteiger partial charge on any atom is 0.251 e. The van der Waals surface area contributed by atoms with Crippen LogP contribution in [-0.2, 0) is 6.42 Å². The number of thiophene rings is 1. The summed E-state index contributed by atoms with van der Waals surface area (Å²) in [6.07, 6.45) is 1.89. The molecule has 1 aromatic heterocycles. The van der Waals surface area contributed by atoms with Crippen LogP contribution in [0.3, 0.4) is 0 Å². The molecule has 5 heteroatoms. The molecule has 0 aliphatic carbocycles. The van der Waals surface area contributed by atoms with E-state index in [0.29, 0.717) is 5.02 Å². The van der Waals surface area contributed by atoms with Crippen LogP contribution in [0.25, 0.3) is 0 Å². The molecule has 1 atom stereocenters. The number of aryl methyl sites for hydroxylation is 1. The summed E-state index contributed by atoms with van der Waals surface area (Å²) in [5, 5.41) is 5.52. The lowest BCUT2D eigenvalue weighted by Gasteiger charge is -2.14. The molecule has 1 amide bonds. The van der Waals surface area contributed by atoms with E-state index in [1.165, 1.54) is 11.3 Å². The number of carbonyl (C=O) groups excluding carboxylic acids is 1. The third-order valence-electron chi connectivity index (χ3n) is 3.57. The van der Waals surface area contributed by atoms with E-state index in [2.05, 4.69) is 5.32 Å². The summed E-state index contributed by atoms with van der Waals surface area (Å²) in [7, 11) is 0. The van der Waals surface area contributed by atoms with E-state index in [9.17, 15) is 4.79 Å². The van der Waals surface area contributed by atoms with E-state index in [-0.39, 0.29) is 11.9 Å². The molecule has 0 bridgehead atoms. The molecule has 0 fully saturated rings. The van der Waals surface area contributed by atoms with E-state index in [1.807, 2.05) is 29.6 Å². The van der Waals surface area contributed by atoms with Crippen molar-refractivity contribution in [1.82, 2.24) is 5.32 Å². The van der Waals surface area contributed by atoms with Crippen molar-refractivity contribution in [2.75, 3.05) is 6.54 Å². The quantitative estimate of drug-likeness (QED) is 0.895. The van der Waals surface area contributed by atoms with Crippen LogP contribution >= 0.6 is 22.9 Å². The molecule has 1 aliphatic rings. The average Bonchev–Trinajstić information content (AvgIpc) is 2.79. The van der Waals surface area contributed by atoms with Gasteiger partial charge in [-0.3, -0.25) is 4.79 Å². The minimum Gasteiger partial charge on any atom is -0.352 e. The maximum atomic E-state index is 12.1. The smallest absolute Gasteiger partial charge is 0.251 e. The summed E-state index contributed by atoms with van der Waals surface area (Å²) in [6.45, 7) is 0.728. The summed E-state index contributed by atoms with van der Waals surface area (Å²) in [5.74, 6) is -0.0103. The summed E-state index contributed by atoms with van der Waals surface area (Å²) < 4.78 is 0. The number of nitrogens with two attached hydrogens (primary N) is 1. The van der Waals surface area contributed by atoms with Crippen molar-refractivity contribution in [3.63, 3.8) is 0 Å². The van der Waals surface area contributed by atoms with Gasteiger partial charge in [-0.05, 0) is 41.5 Å². The lowest BCUT2D eigenvalue weighted by atomic mass is 9.97. The van der Waals surface area contributed by atoms with Crippen LogP contribution < -0.4 is 11.1 Å². The van der Waals surface area contributed by atoms with Gasteiger partial charge in [0.2, 0.25) is 0 Å². The highest BCUT2D eigenvalue weighted by molar-refractivity contribution is 7.10. The third-order valence-corrected chi connectivity index (χ3v) is 5.01. The number of benzene rings is 1. The number of halogens is 1. The number of nitrogens with one attached hydrogen (secondary N) is 1. The van der Waals surface area contributed by atoms with Crippen molar-refractivity contribution in [3.05, 3.63) is 56.2 Å².